The Bertz CT molecular complexity index is 386. The van der Waals surface area contributed by atoms with Gasteiger partial charge >= 0.3 is 0 Å². The van der Waals surface area contributed by atoms with Crippen LogP contribution in [0.1, 0.15) is 5.82 Å². The molecule has 0 spiro atoms. The number of para-hydroxylation sites is 2. The summed E-state index contributed by atoms with van der Waals surface area (Å²) in [6.45, 7) is 0.727. The highest BCUT2D eigenvalue weighted by Gasteiger charge is 2.00. The minimum Gasteiger partial charge on any atom is -0.341 e. The molecule has 0 atom stereocenters. The highest BCUT2D eigenvalue weighted by atomic mass is 79.9. The molecular weight excluding hydrogens is 354 g/mol. The van der Waals surface area contributed by atoms with Gasteiger partial charge in [0.25, 0.3) is 0 Å². The summed E-state index contributed by atoms with van der Waals surface area (Å²) in [6, 6.07) is 8.07. The van der Waals surface area contributed by atoms with Gasteiger partial charge in [0.05, 0.1) is 16.8 Å². The molecule has 0 fully saturated rings. The van der Waals surface area contributed by atoms with Crippen LogP contribution in [0.25, 0.3) is 11.0 Å². The van der Waals surface area contributed by atoms with Crippen molar-refractivity contribution in [3.63, 3.8) is 0 Å². The predicted octanol–water partition coefficient (Wildman–Crippen LogP) is 2.91. The number of nitrogens with two attached hydrogens (primary N) is 1. The summed E-state index contributed by atoms with van der Waals surface area (Å²) in [7, 11) is 0. The molecule has 0 amide bonds. The maximum atomic E-state index is 5.42. The van der Waals surface area contributed by atoms with Gasteiger partial charge < -0.3 is 10.7 Å². The summed E-state index contributed by atoms with van der Waals surface area (Å²) >= 11 is 1.80. The number of benzene rings is 1. The lowest BCUT2D eigenvalue weighted by molar-refractivity contribution is 1.12. The second-order valence-corrected chi connectivity index (χ2v) is 4.15. The number of fused-ring (bicyclic) bond motifs is 1. The van der Waals surface area contributed by atoms with E-state index in [4.69, 9.17) is 5.73 Å². The van der Waals surface area contributed by atoms with E-state index in [1.54, 1.807) is 11.8 Å². The summed E-state index contributed by atoms with van der Waals surface area (Å²) in [5.74, 6) is 2.92. The van der Waals surface area contributed by atoms with Gasteiger partial charge in [-0.1, -0.05) is 12.1 Å². The maximum Gasteiger partial charge on any atom is 0.117 e. The van der Waals surface area contributed by atoms with Gasteiger partial charge in [0.2, 0.25) is 0 Å². The molecule has 0 saturated carbocycles. The zero-order valence-electron chi connectivity index (χ0n) is 8.68. The summed E-state index contributed by atoms with van der Waals surface area (Å²) in [6.07, 6.45) is 0. The number of hydrogen-bond acceptors (Lipinski definition) is 3. The van der Waals surface area contributed by atoms with Gasteiger partial charge in [0.15, 0.2) is 0 Å². The third-order valence-corrected chi connectivity index (χ3v) is 2.94. The molecule has 1 aromatic heterocycles. The minimum atomic E-state index is 0. The van der Waals surface area contributed by atoms with Crippen molar-refractivity contribution in [1.29, 1.82) is 0 Å². The van der Waals surface area contributed by atoms with Crippen molar-refractivity contribution >= 4 is 56.8 Å². The number of halogens is 2. The van der Waals surface area contributed by atoms with Crippen molar-refractivity contribution in [2.75, 3.05) is 12.3 Å². The standard InChI is InChI=1S/C10H13N3S.2BrH/c11-5-6-14-7-10-12-8-3-1-2-4-9(8)13-10;;/h1-4H,5-7,11H2,(H,12,13);2*1H. The number of aromatic nitrogens is 2. The maximum absolute atomic E-state index is 5.42. The van der Waals surface area contributed by atoms with Gasteiger partial charge in [0.1, 0.15) is 5.82 Å². The Morgan fingerprint density at radius 3 is 2.69 bits per heavy atom. The molecule has 6 heteroatoms. The van der Waals surface area contributed by atoms with Crippen molar-refractivity contribution in [2.45, 2.75) is 5.75 Å². The van der Waals surface area contributed by atoms with Crippen LogP contribution >= 0.6 is 45.7 Å². The first kappa shape index (κ1) is 16.0. The van der Waals surface area contributed by atoms with Crippen LogP contribution in [0.2, 0.25) is 0 Å². The van der Waals surface area contributed by atoms with Crippen molar-refractivity contribution < 1.29 is 0 Å². The second kappa shape index (κ2) is 8.11. The van der Waals surface area contributed by atoms with Crippen molar-refractivity contribution in [2.24, 2.45) is 5.73 Å². The lowest BCUT2D eigenvalue weighted by atomic mass is 10.3. The van der Waals surface area contributed by atoms with Crippen LogP contribution in [0.4, 0.5) is 0 Å². The van der Waals surface area contributed by atoms with E-state index in [2.05, 4.69) is 9.97 Å². The van der Waals surface area contributed by atoms with Crippen LogP contribution in [0, 0.1) is 0 Å². The molecule has 0 unspecified atom stereocenters. The molecule has 16 heavy (non-hydrogen) atoms. The number of nitrogens with zero attached hydrogens (tertiary/aromatic N) is 1. The van der Waals surface area contributed by atoms with Gasteiger partial charge in [-0.3, -0.25) is 0 Å². The average molecular weight is 369 g/mol. The zero-order chi connectivity index (χ0) is 9.80. The van der Waals surface area contributed by atoms with Crippen LogP contribution in [0.3, 0.4) is 0 Å². The van der Waals surface area contributed by atoms with Crippen LogP contribution in [-0.4, -0.2) is 22.3 Å². The molecule has 3 N–H and O–H groups in total. The Labute approximate surface area is 120 Å². The highest BCUT2D eigenvalue weighted by Crippen LogP contribution is 2.14. The van der Waals surface area contributed by atoms with E-state index in [1.165, 1.54) is 0 Å². The molecule has 0 aliphatic carbocycles. The Kier molecular flexibility index (Phi) is 8.09. The Balaban J connectivity index is 0.00000112. The molecule has 0 saturated heterocycles. The summed E-state index contributed by atoms with van der Waals surface area (Å²) in [5.41, 5.74) is 7.56. The molecule has 1 aromatic carbocycles. The SMILES string of the molecule is Br.Br.NCCSCc1nc2ccccc2[nH]1. The second-order valence-electron chi connectivity index (χ2n) is 3.04. The average Bonchev–Trinajstić information content (AvgIpc) is 2.60. The predicted molar refractivity (Wildman–Crippen MR) is 82.0 cm³/mol. The number of thioether (sulfide) groups is 1. The molecule has 2 aromatic rings. The molecular formula is C10H15Br2N3S. The van der Waals surface area contributed by atoms with Gasteiger partial charge in [-0.2, -0.15) is 11.8 Å². The van der Waals surface area contributed by atoms with E-state index < -0.39 is 0 Å². The highest BCUT2D eigenvalue weighted by molar-refractivity contribution is 8.93. The molecule has 90 valence electrons. The Morgan fingerprint density at radius 1 is 1.25 bits per heavy atom. The van der Waals surface area contributed by atoms with E-state index in [1.807, 2.05) is 24.3 Å². The first-order chi connectivity index (χ1) is 6.90. The number of hydrogen-bond donors (Lipinski definition) is 2. The Morgan fingerprint density at radius 2 is 2.00 bits per heavy atom. The van der Waals surface area contributed by atoms with Crippen molar-refractivity contribution in [1.82, 2.24) is 9.97 Å². The largest absolute Gasteiger partial charge is 0.341 e. The van der Waals surface area contributed by atoms with Crippen LogP contribution in [0.5, 0.6) is 0 Å². The molecule has 0 bridgehead atoms. The van der Waals surface area contributed by atoms with Gasteiger partial charge in [-0.25, -0.2) is 4.98 Å². The molecule has 0 radical (unpaired) electrons. The first-order valence-electron chi connectivity index (χ1n) is 4.61. The fourth-order valence-electron chi connectivity index (χ4n) is 1.33. The third kappa shape index (κ3) is 4.08. The van der Waals surface area contributed by atoms with Crippen molar-refractivity contribution in [3.8, 4) is 0 Å². The van der Waals surface area contributed by atoms with Crippen molar-refractivity contribution in [3.05, 3.63) is 30.1 Å². The van der Waals surface area contributed by atoms with Crippen LogP contribution in [0.15, 0.2) is 24.3 Å². The minimum absolute atomic E-state index is 0. The summed E-state index contributed by atoms with van der Waals surface area (Å²) in [4.78, 5) is 7.75. The molecule has 1 heterocycles. The van der Waals surface area contributed by atoms with Gasteiger partial charge in [-0.05, 0) is 12.1 Å². The lowest BCUT2D eigenvalue weighted by Crippen LogP contribution is -2.01. The quantitative estimate of drug-likeness (QED) is 0.815. The number of aromatic amines is 1. The van der Waals surface area contributed by atoms with Crippen LogP contribution < -0.4 is 5.73 Å². The zero-order valence-corrected chi connectivity index (χ0v) is 12.9. The number of imidazole rings is 1. The van der Waals surface area contributed by atoms with Crippen LogP contribution in [-0.2, 0) is 5.75 Å². The summed E-state index contributed by atoms with van der Waals surface area (Å²) < 4.78 is 0. The smallest absolute Gasteiger partial charge is 0.117 e. The van der Waals surface area contributed by atoms with E-state index >= 15 is 0 Å². The van der Waals surface area contributed by atoms with E-state index in [0.717, 1.165) is 34.9 Å². The fourth-order valence-corrected chi connectivity index (χ4v) is 1.97. The number of rotatable bonds is 4. The fraction of sp³-hybridized carbons (Fsp3) is 0.300. The third-order valence-electron chi connectivity index (χ3n) is 1.94. The summed E-state index contributed by atoms with van der Waals surface area (Å²) in [5, 5.41) is 0. The Hall–Kier alpha value is -0.0400. The number of nitrogens with one attached hydrogen (secondary N) is 1. The van der Waals surface area contributed by atoms with E-state index in [-0.39, 0.29) is 34.0 Å². The van der Waals surface area contributed by atoms with Gasteiger partial charge in [0, 0.05) is 12.3 Å². The topological polar surface area (TPSA) is 54.7 Å². The monoisotopic (exact) mass is 367 g/mol. The lowest BCUT2D eigenvalue weighted by Gasteiger charge is -1.94. The van der Waals surface area contributed by atoms with Gasteiger partial charge in [-0.15, -0.1) is 34.0 Å². The molecule has 0 aliphatic rings. The van der Waals surface area contributed by atoms with E-state index in [0.29, 0.717) is 0 Å². The molecule has 3 nitrogen and oxygen atoms in total. The van der Waals surface area contributed by atoms with E-state index in [9.17, 15) is 0 Å². The molecule has 0 aliphatic heterocycles. The first-order valence-corrected chi connectivity index (χ1v) is 5.77. The normalized spacial score (nSPS) is 9.56. The number of H-pyrrole nitrogens is 1. The molecule has 2 rings (SSSR count).